The van der Waals surface area contributed by atoms with Gasteiger partial charge in [0.05, 0.1) is 0 Å². The quantitative estimate of drug-likeness (QED) is 0.542. The molecule has 0 aliphatic heterocycles. The second-order valence-corrected chi connectivity index (χ2v) is 5.40. The second-order valence-electron chi connectivity index (χ2n) is 3.19. The molecule has 4 heteroatoms. The zero-order chi connectivity index (χ0) is 11.1. The van der Waals surface area contributed by atoms with Crippen molar-refractivity contribution in [3.63, 3.8) is 0 Å². The average Bonchev–Trinajstić information content (AvgIpc) is 2.31. The van der Waals surface area contributed by atoms with Crippen LogP contribution in [-0.2, 0) is 4.79 Å². The van der Waals surface area contributed by atoms with Crippen molar-refractivity contribution < 1.29 is 9.59 Å². The third-order valence-electron chi connectivity index (χ3n) is 2.21. The Kier molecular flexibility index (Phi) is 2.52. The molecule has 0 aromatic heterocycles. The van der Waals surface area contributed by atoms with Gasteiger partial charge in [0.1, 0.15) is 0 Å². The molecule has 0 fully saturated rings. The van der Waals surface area contributed by atoms with E-state index in [-0.39, 0.29) is 0 Å². The molecule has 0 radical (unpaired) electrons. The summed E-state index contributed by atoms with van der Waals surface area (Å²) in [5, 5.41) is 0. The van der Waals surface area contributed by atoms with Crippen LogP contribution < -0.4 is 0 Å². The molecular weight excluding hydrogens is 279 g/mol. The first-order valence-corrected chi connectivity index (χ1v) is 5.45. The van der Waals surface area contributed by atoms with Gasteiger partial charge in [-0.2, -0.15) is 0 Å². The molecule has 1 aromatic carbocycles. The van der Waals surface area contributed by atoms with Gasteiger partial charge in [-0.15, -0.1) is 0 Å². The first kappa shape index (κ1) is 10.6. The number of rotatable bonds is 0. The van der Waals surface area contributed by atoms with Crippen LogP contribution in [0.2, 0.25) is 0 Å². The number of hydrogen-bond acceptors (Lipinski definition) is 2. The molecule has 1 atom stereocenters. The Morgan fingerprint density at radius 3 is 2.53 bits per heavy atom. The highest BCUT2D eigenvalue weighted by Crippen LogP contribution is 2.33. The Labute approximate surface area is 100 Å². The summed E-state index contributed by atoms with van der Waals surface area (Å²) in [5.41, 5.74) is 1.16. The Bertz CT molecular complexity index is 477. The molecule has 15 heavy (non-hydrogen) atoms. The van der Waals surface area contributed by atoms with Gasteiger partial charge in [0, 0.05) is 5.56 Å². The number of carbonyl (C=O) groups excluding carboxylic acids is 2. The van der Waals surface area contributed by atoms with Crippen LogP contribution in [0.4, 0.5) is 0 Å². The van der Waals surface area contributed by atoms with E-state index in [9.17, 15) is 9.59 Å². The van der Waals surface area contributed by atoms with Gasteiger partial charge in [0.25, 0.3) is 0 Å². The minimum Gasteiger partial charge on any atom is -0.291 e. The minimum absolute atomic E-state index is 0.422. The molecule has 2 nitrogen and oxygen atoms in total. The van der Waals surface area contributed by atoms with Gasteiger partial charge < -0.3 is 0 Å². The number of fused-ring (bicyclic) bond motifs is 1. The monoisotopic (exact) mass is 284 g/mol. The van der Waals surface area contributed by atoms with E-state index in [1.54, 1.807) is 30.3 Å². The van der Waals surface area contributed by atoms with Gasteiger partial charge in [-0.25, -0.2) is 0 Å². The van der Waals surface area contributed by atoms with E-state index in [2.05, 4.69) is 15.9 Å². The van der Waals surface area contributed by atoms with Crippen molar-refractivity contribution in [3.8, 4) is 0 Å². The van der Waals surface area contributed by atoms with Gasteiger partial charge in [-0.1, -0.05) is 41.9 Å². The van der Waals surface area contributed by atoms with Crippen molar-refractivity contribution in [2.45, 2.75) is 3.78 Å². The van der Waals surface area contributed by atoms with Gasteiger partial charge in [0.15, 0.2) is 5.78 Å². The summed E-state index contributed by atoms with van der Waals surface area (Å²) in [4.78, 5) is 23.5. The van der Waals surface area contributed by atoms with E-state index < -0.39 is 15.3 Å². The summed E-state index contributed by atoms with van der Waals surface area (Å²) in [7, 11) is 0. The molecule has 0 saturated carbocycles. The fourth-order valence-electron chi connectivity index (χ4n) is 1.40. The van der Waals surface area contributed by atoms with E-state index in [0.29, 0.717) is 11.1 Å². The topological polar surface area (TPSA) is 34.1 Å². The number of alkyl halides is 2. The van der Waals surface area contributed by atoms with Crippen molar-refractivity contribution >= 4 is 45.2 Å². The van der Waals surface area contributed by atoms with Crippen LogP contribution in [0.5, 0.6) is 0 Å². The summed E-state index contributed by atoms with van der Waals surface area (Å²) in [6, 6.07) is 6.96. The molecule has 1 aromatic rings. The third kappa shape index (κ3) is 1.66. The van der Waals surface area contributed by atoms with Crippen molar-refractivity contribution in [3.05, 3.63) is 41.5 Å². The molecule has 0 heterocycles. The van der Waals surface area contributed by atoms with Crippen molar-refractivity contribution in [1.82, 2.24) is 0 Å². The van der Waals surface area contributed by atoms with E-state index in [0.717, 1.165) is 0 Å². The molecule has 0 spiro atoms. The molecule has 0 amide bonds. The molecule has 2 rings (SSSR count). The fourth-order valence-corrected chi connectivity index (χ4v) is 1.91. The summed E-state index contributed by atoms with van der Waals surface area (Å²) in [5.74, 6) is -0.875. The fraction of sp³-hybridized carbons (Fsp3) is 0.0909. The highest BCUT2D eigenvalue weighted by Gasteiger charge is 2.42. The van der Waals surface area contributed by atoms with E-state index in [1.807, 2.05) is 0 Å². The van der Waals surface area contributed by atoms with Crippen LogP contribution in [0.1, 0.15) is 15.9 Å². The summed E-state index contributed by atoms with van der Waals surface area (Å²) in [6.07, 6.45) is 2.91. The van der Waals surface area contributed by atoms with Crippen LogP contribution in [-0.4, -0.2) is 15.3 Å². The van der Waals surface area contributed by atoms with E-state index in [4.69, 9.17) is 11.6 Å². The SMILES string of the molecule is O=C1C=Cc2ccccc2C(=O)C1(Cl)Br. The van der Waals surface area contributed by atoms with Gasteiger partial charge >= 0.3 is 0 Å². The number of benzene rings is 1. The second kappa shape index (κ2) is 3.58. The summed E-state index contributed by atoms with van der Waals surface area (Å²) >= 11 is 8.83. The first-order chi connectivity index (χ1) is 7.03. The Hall–Kier alpha value is -0.930. The Balaban J connectivity index is 2.67. The molecule has 1 aliphatic rings. The van der Waals surface area contributed by atoms with Crippen LogP contribution >= 0.6 is 27.5 Å². The highest BCUT2D eigenvalue weighted by molar-refractivity contribution is 9.11. The first-order valence-electron chi connectivity index (χ1n) is 4.27. The van der Waals surface area contributed by atoms with E-state index >= 15 is 0 Å². The highest BCUT2D eigenvalue weighted by atomic mass is 79.9. The Morgan fingerprint density at radius 2 is 1.80 bits per heavy atom. The normalized spacial score (nSPS) is 24.9. The minimum atomic E-state index is -1.66. The van der Waals surface area contributed by atoms with Gasteiger partial charge in [-0.05, 0) is 27.6 Å². The van der Waals surface area contributed by atoms with E-state index in [1.165, 1.54) is 6.08 Å². The van der Waals surface area contributed by atoms with Crippen molar-refractivity contribution in [2.75, 3.05) is 0 Å². The maximum atomic E-state index is 11.9. The summed E-state index contributed by atoms with van der Waals surface area (Å²) in [6.45, 7) is 0. The van der Waals surface area contributed by atoms with Crippen LogP contribution in [0.15, 0.2) is 30.3 Å². The van der Waals surface area contributed by atoms with Crippen LogP contribution in [0, 0.1) is 0 Å². The summed E-state index contributed by atoms with van der Waals surface area (Å²) < 4.78 is -1.66. The van der Waals surface area contributed by atoms with Crippen molar-refractivity contribution in [2.24, 2.45) is 0 Å². The number of Topliss-reactive ketones (excluding diaryl/α,β-unsaturated/α-hetero) is 1. The van der Waals surface area contributed by atoms with Crippen LogP contribution in [0.25, 0.3) is 6.08 Å². The number of allylic oxidation sites excluding steroid dienone is 1. The number of halogens is 2. The third-order valence-corrected chi connectivity index (χ3v) is 3.32. The van der Waals surface area contributed by atoms with Gasteiger partial charge in [0.2, 0.25) is 9.57 Å². The Morgan fingerprint density at radius 1 is 1.13 bits per heavy atom. The smallest absolute Gasteiger partial charge is 0.223 e. The predicted octanol–water partition coefficient (Wildman–Crippen LogP) is 2.80. The molecule has 1 aliphatic carbocycles. The molecule has 0 saturated heterocycles. The lowest BCUT2D eigenvalue weighted by Crippen LogP contribution is -2.33. The largest absolute Gasteiger partial charge is 0.291 e. The molecule has 76 valence electrons. The zero-order valence-electron chi connectivity index (χ0n) is 7.54. The molecular formula is C11H6BrClO2. The molecule has 0 bridgehead atoms. The van der Waals surface area contributed by atoms with Crippen molar-refractivity contribution in [1.29, 1.82) is 0 Å². The average molecular weight is 286 g/mol. The number of hydrogen-bond donors (Lipinski definition) is 0. The van der Waals surface area contributed by atoms with Gasteiger partial charge in [-0.3, -0.25) is 9.59 Å². The van der Waals surface area contributed by atoms with Crippen LogP contribution in [0.3, 0.4) is 0 Å². The lowest BCUT2D eigenvalue weighted by atomic mass is 10.0. The molecule has 1 unspecified atom stereocenters. The lowest BCUT2D eigenvalue weighted by molar-refractivity contribution is -0.114. The maximum absolute atomic E-state index is 11.9. The molecule has 0 N–H and O–H groups in total. The standard InChI is InChI=1S/C11H6BrClO2/c12-11(13)9(14)6-5-7-3-1-2-4-8(7)10(11)15/h1-6H. The maximum Gasteiger partial charge on any atom is 0.223 e. The predicted molar refractivity (Wildman–Crippen MR) is 62.3 cm³/mol. The number of ketones is 2. The lowest BCUT2D eigenvalue weighted by Gasteiger charge is -2.13. The zero-order valence-corrected chi connectivity index (χ0v) is 9.88. The number of carbonyl (C=O) groups is 2.